The van der Waals surface area contributed by atoms with Crippen LogP contribution in [0.5, 0.6) is 11.6 Å². The summed E-state index contributed by atoms with van der Waals surface area (Å²) in [5, 5.41) is 0. The summed E-state index contributed by atoms with van der Waals surface area (Å²) >= 11 is 0. The van der Waals surface area contributed by atoms with Crippen molar-refractivity contribution in [1.82, 2.24) is 4.98 Å². The summed E-state index contributed by atoms with van der Waals surface area (Å²) in [6.07, 6.45) is 2.79. The van der Waals surface area contributed by atoms with E-state index in [1.165, 1.54) is 12.1 Å². The van der Waals surface area contributed by atoms with E-state index in [0.29, 0.717) is 11.6 Å². The van der Waals surface area contributed by atoms with Crippen LogP contribution in [0.15, 0.2) is 47.5 Å². The van der Waals surface area contributed by atoms with Crippen molar-refractivity contribution in [2.75, 3.05) is 6.26 Å². The molecule has 0 aliphatic rings. The Morgan fingerprint density at radius 1 is 1.25 bits per heavy atom. The highest BCUT2D eigenvalue weighted by atomic mass is 32.2. The van der Waals surface area contributed by atoms with Crippen LogP contribution >= 0.6 is 0 Å². The minimum Gasteiger partial charge on any atom is -0.439 e. The van der Waals surface area contributed by atoms with E-state index in [9.17, 15) is 8.42 Å². The molecule has 0 fully saturated rings. The molecule has 0 bridgehead atoms. The van der Waals surface area contributed by atoms with Crippen molar-refractivity contribution in [3.63, 3.8) is 0 Å². The van der Waals surface area contributed by atoms with Crippen LogP contribution in [-0.2, 0) is 9.84 Å². The molecule has 1 aromatic heterocycles. The van der Waals surface area contributed by atoms with Gasteiger partial charge in [0, 0.05) is 24.6 Å². The van der Waals surface area contributed by atoms with Crippen LogP contribution in [0.4, 0.5) is 0 Å². The van der Waals surface area contributed by atoms with E-state index in [0.717, 1.165) is 11.8 Å². The number of aromatic nitrogens is 1. The third kappa shape index (κ3) is 3.55. The molecule has 2 N–H and O–H groups in total. The van der Waals surface area contributed by atoms with Gasteiger partial charge in [0.15, 0.2) is 9.84 Å². The number of sulfone groups is 1. The molecular formula is C14H16N2O3S. The van der Waals surface area contributed by atoms with Crippen LogP contribution in [0.3, 0.4) is 0 Å². The molecule has 0 saturated heterocycles. The second kappa shape index (κ2) is 5.60. The Balaban J connectivity index is 2.22. The van der Waals surface area contributed by atoms with Crippen LogP contribution in [-0.4, -0.2) is 19.7 Å². The Kier molecular flexibility index (Phi) is 4.06. The van der Waals surface area contributed by atoms with Gasteiger partial charge in [-0.15, -0.1) is 0 Å². The van der Waals surface area contributed by atoms with Gasteiger partial charge in [-0.05, 0) is 30.7 Å². The standard InChI is InChI=1S/C14H16N2O3S/c1-10(15)11-6-7-14(16-9-11)19-12-4-3-5-13(8-12)20(2,17)18/h3-10H,15H2,1-2H3. The number of nitrogens with zero attached hydrogens (tertiary/aromatic N) is 1. The third-order valence-electron chi connectivity index (χ3n) is 2.74. The lowest BCUT2D eigenvalue weighted by Crippen LogP contribution is -2.05. The molecule has 0 radical (unpaired) electrons. The molecule has 2 aromatic rings. The van der Waals surface area contributed by atoms with Gasteiger partial charge >= 0.3 is 0 Å². The summed E-state index contributed by atoms with van der Waals surface area (Å²) in [5.74, 6) is 0.814. The van der Waals surface area contributed by atoms with E-state index in [4.69, 9.17) is 10.5 Å². The summed E-state index contributed by atoms with van der Waals surface area (Å²) in [4.78, 5) is 4.35. The molecule has 106 valence electrons. The topological polar surface area (TPSA) is 82.3 Å². The van der Waals surface area contributed by atoms with Crippen molar-refractivity contribution in [3.05, 3.63) is 48.2 Å². The molecule has 0 spiro atoms. The molecule has 6 heteroatoms. The van der Waals surface area contributed by atoms with Gasteiger partial charge in [0.25, 0.3) is 0 Å². The zero-order chi connectivity index (χ0) is 14.8. The normalized spacial score (nSPS) is 12.9. The van der Waals surface area contributed by atoms with Crippen molar-refractivity contribution < 1.29 is 13.2 Å². The lowest BCUT2D eigenvalue weighted by Gasteiger charge is -2.08. The molecule has 0 aliphatic carbocycles. The van der Waals surface area contributed by atoms with Gasteiger partial charge in [0.1, 0.15) is 5.75 Å². The minimum atomic E-state index is -3.25. The zero-order valence-corrected chi connectivity index (χ0v) is 12.1. The molecule has 0 saturated carbocycles. The maximum Gasteiger partial charge on any atom is 0.219 e. The Labute approximate surface area is 118 Å². The molecule has 2 rings (SSSR count). The molecule has 0 aliphatic heterocycles. The van der Waals surface area contributed by atoms with E-state index in [1.807, 2.05) is 13.0 Å². The average Bonchev–Trinajstić information content (AvgIpc) is 2.38. The van der Waals surface area contributed by atoms with Crippen molar-refractivity contribution >= 4 is 9.84 Å². The Morgan fingerprint density at radius 2 is 2.00 bits per heavy atom. The van der Waals surface area contributed by atoms with E-state index in [1.54, 1.807) is 24.4 Å². The lowest BCUT2D eigenvalue weighted by molar-refractivity contribution is 0.460. The van der Waals surface area contributed by atoms with E-state index in [-0.39, 0.29) is 10.9 Å². The zero-order valence-electron chi connectivity index (χ0n) is 11.3. The highest BCUT2D eigenvalue weighted by Crippen LogP contribution is 2.23. The van der Waals surface area contributed by atoms with Crippen molar-refractivity contribution in [2.45, 2.75) is 17.9 Å². The summed E-state index contributed by atoms with van der Waals surface area (Å²) < 4.78 is 28.5. The molecule has 5 nitrogen and oxygen atoms in total. The summed E-state index contributed by atoms with van der Waals surface area (Å²) in [7, 11) is -3.25. The average molecular weight is 292 g/mol. The Hall–Kier alpha value is -1.92. The number of benzene rings is 1. The van der Waals surface area contributed by atoms with Crippen LogP contribution in [0.1, 0.15) is 18.5 Å². The first-order chi connectivity index (χ1) is 9.36. The van der Waals surface area contributed by atoms with Crippen molar-refractivity contribution in [2.24, 2.45) is 5.73 Å². The monoisotopic (exact) mass is 292 g/mol. The third-order valence-corrected chi connectivity index (χ3v) is 3.85. The number of hydrogen-bond donors (Lipinski definition) is 1. The maximum atomic E-state index is 11.5. The molecule has 1 unspecified atom stereocenters. The summed E-state index contributed by atoms with van der Waals surface area (Å²) in [6.45, 7) is 1.87. The fraction of sp³-hybridized carbons (Fsp3) is 0.214. The number of ether oxygens (including phenoxy) is 1. The van der Waals surface area contributed by atoms with Crippen LogP contribution in [0.2, 0.25) is 0 Å². The van der Waals surface area contributed by atoms with Gasteiger partial charge in [0.05, 0.1) is 4.90 Å². The largest absolute Gasteiger partial charge is 0.439 e. The minimum absolute atomic E-state index is 0.0925. The first-order valence-electron chi connectivity index (χ1n) is 6.06. The molecule has 1 aromatic carbocycles. The van der Waals surface area contributed by atoms with Crippen molar-refractivity contribution in [3.8, 4) is 11.6 Å². The number of hydrogen-bond acceptors (Lipinski definition) is 5. The lowest BCUT2D eigenvalue weighted by atomic mass is 10.2. The number of pyridine rings is 1. The molecule has 1 atom stereocenters. The van der Waals surface area contributed by atoms with Gasteiger partial charge in [0.2, 0.25) is 5.88 Å². The molecule has 0 amide bonds. The maximum absolute atomic E-state index is 11.5. The predicted molar refractivity (Wildman–Crippen MR) is 76.5 cm³/mol. The Bertz CT molecular complexity index is 695. The van der Waals surface area contributed by atoms with E-state index < -0.39 is 9.84 Å². The van der Waals surface area contributed by atoms with Crippen molar-refractivity contribution in [1.29, 1.82) is 0 Å². The number of rotatable bonds is 4. The van der Waals surface area contributed by atoms with Crippen LogP contribution < -0.4 is 10.5 Å². The van der Waals surface area contributed by atoms with E-state index in [2.05, 4.69) is 4.98 Å². The molecular weight excluding hydrogens is 276 g/mol. The second-order valence-electron chi connectivity index (χ2n) is 4.57. The first-order valence-corrected chi connectivity index (χ1v) is 7.95. The van der Waals surface area contributed by atoms with Gasteiger partial charge in [-0.1, -0.05) is 12.1 Å². The highest BCUT2D eigenvalue weighted by Gasteiger charge is 2.09. The SMILES string of the molecule is CC(N)c1ccc(Oc2cccc(S(C)(=O)=O)c2)nc1. The summed E-state index contributed by atoms with van der Waals surface area (Å²) in [5.41, 5.74) is 6.64. The fourth-order valence-electron chi connectivity index (χ4n) is 1.61. The van der Waals surface area contributed by atoms with Crippen LogP contribution in [0.25, 0.3) is 0 Å². The van der Waals surface area contributed by atoms with Gasteiger partial charge < -0.3 is 10.5 Å². The molecule has 20 heavy (non-hydrogen) atoms. The second-order valence-corrected chi connectivity index (χ2v) is 6.58. The predicted octanol–water partition coefficient (Wildman–Crippen LogP) is 2.30. The highest BCUT2D eigenvalue weighted by molar-refractivity contribution is 7.90. The summed E-state index contributed by atoms with van der Waals surface area (Å²) in [6, 6.07) is 9.73. The molecule has 1 heterocycles. The van der Waals surface area contributed by atoms with Gasteiger partial charge in [-0.3, -0.25) is 0 Å². The first kappa shape index (κ1) is 14.5. The van der Waals surface area contributed by atoms with E-state index >= 15 is 0 Å². The van der Waals surface area contributed by atoms with Gasteiger partial charge in [-0.2, -0.15) is 0 Å². The quantitative estimate of drug-likeness (QED) is 0.935. The fourth-order valence-corrected chi connectivity index (χ4v) is 2.27. The van der Waals surface area contributed by atoms with Gasteiger partial charge in [-0.25, -0.2) is 13.4 Å². The van der Waals surface area contributed by atoms with Crippen LogP contribution in [0, 0.1) is 0 Å². The Morgan fingerprint density at radius 3 is 2.55 bits per heavy atom. The smallest absolute Gasteiger partial charge is 0.219 e. The number of nitrogens with two attached hydrogens (primary N) is 1.